The predicted octanol–water partition coefficient (Wildman–Crippen LogP) is 0.940. The first-order valence-electron chi connectivity index (χ1n) is 5.00. The second-order valence-electron chi connectivity index (χ2n) is 3.54. The van der Waals surface area contributed by atoms with Crippen molar-refractivity contribution in [2.75, 3.05) is 0 Å². The molecule has 1 aromatic rings. The number of aromatic nitrogens is 3. The van der Waals surface area contributed by atoms with E-state index in [2.05, 4.69) is 27.0 Å². The first kappa shape index (κ1) is 8.69. The lowest BCUT2D eigenvalue weighted by molar-refractivity contribution is 0.333. The highest BCUT2D eigenvalue weighted by atomic mass is 15.3. The minimum absolute atomic E-state index is 0.724. The maximum atomic E-state index is 4.07. The van der Waals surface area contributed by atoms with Gasteiger partial charge in [-0.05, 0) is 19.8 Å². The average molecular weight is 180 g/mol. The van der Waals surface area contributed by atoms with Gasteiger partial charge >= 0.3 is 0 Å². The third-order valence-electron chi connectivity index (χ3n) is 2.69. The number of aryl methyl sites for hydroxylation is 1. The zero-order chi connectivity index (χ0) is 9.10. The second-order valence-corrected chi connectivity index (χ2v) is 3.54. The molecule has 0 saturated heterocycles. The van der Waals surface area contributed by atoms with Gasteiger partial charge in [-0.3, -0.25) is 0 Å². The molecule has 0 atom stereocenters. The second kappa shape index (κ2) is 3.87. The maximum absolute atomic E-state index is 4.07. The van der Waals surface area contributed by atoms with Gasteiger partial charge in [0.25, 0.3) is 0 Å². The molecule has 1 N–H and O–H groups in total. The molecule has 0 spiro atoms. The molecule has 0 unspecified atom stereocenters. The number of rotatable bonds is 4. The van der Waals surface area contributed by atoms with E-state index in [1.165, 1.54) is 19.3 Å². The molecule has 0 aliphatic heterocycles. The summed E-state index contributed by atoms with van der Waals surface area (Å²) < 4.78 is 2.08. The Bertz CT molecular complexity index is 264. The van der Waals surface area contributed by atoms with Crippen molar-refractivity contribution in [3.8, 4) is 0 Å². The maximum Gasteiger partial charge on any atom is 0.146 e. The van der Waals surface area contributed by atoms with Crippen LogP contribution in [-0.2, 0) is 13.1 Å². The van der Waals surface area contributed by atoms with Crippen LogP contribution in [0.4, 0.5) is 0 Å². The van der Waals surface area contributed by atoms with Gasteiger partial charge in [-0.15, -0.1) is 10.2 Å². The molecule has 0 radical (unpaired) electrons. The summed E-state index contributed by atoms with van der Waals surface area (Å²) in [5, 5.41) is 11.4. The van der Waals surface area contributed by atoms with Crippen LogP contribution in [-0.4, -0.2) is 20.8 Å². The quantitative estimate of drug-likeness (QED) is 0.750. The standard InChI is InChI=1S/C9H16N4/c1-2-13-7-11-12-9(13)6-10-8-4-3-5-8/h7-8,10H,2-6H2,1H3. The highest BCUT2D eigenvalue weighted by molar-refractivity contribution is 4.87. The van der Waals surface area contributed by atoms with Crippen LogP contribution >= 0.6 is 0 Å². The van der Waals surface area contributed by atoms with E-state index in [0.717, 1.165) is 25.0 Å². The Morgan fingerprint density at radius 3 is 3.08 bits per heavy atom. The molecular weight excluding hydrogens is 164 g/mol. The molecule has 1 saturated carbocycles. The molecule has 4 heteroatoms. The fourth-order valence-electron chi connectivity index (χ4n) is 1.53. The van der Waals surface area contributed by atoms with Crippen LogP contribution in [0.15, 0.2) is 6.33 Å². The number of nitrogens with zero attached hydrogens (tertiary/aromatic N) is 3. The molecule has 4 nitrogen and oxygen atoms in total. The van der Waals surface area contributed by atoms with Crippen molar-refractivity contribution >= 4 is 0 Å². The van der Waals surface area contributed by atoms with Gasteiger partial charge in [0, 0.05) is 12.6 Å². The van der Waals surface area contributed by atoms with Crippen molar-refractivity contribution in [2.24, 2.45) is 0 Å². The molecule has 0 amide bonds. The fourth-order valence-corrected chi connectivity index (χ4v) is 1.53. The van der Waals surface area contributed by atoms with Gasteiger partial charge in [0.05, 0.1) is 6.54 Å². The normalized spacial score (nSPS) is 17.3. The van der Waals surface area contributed by atoms with E-state index >= 15 is 0 Å². The number of hydrogen-bond acceptors (Lipinski definition) is 3. The molecule has 1 aromatic heterocycles. The summed E-state index contributed by atoms with van der Waals surface area (Å²) in [6, 6.07) is 0.724. The number of nitrogens with one attached hydrogen (secondary N) is 1. The summed E-state index contributed by atoms with van der Waals surface area (Å²) in [5.41, 5.74) is 0. The average Bonchev–Trinajstić information content (AvgIpc) is 2.49. The van der Waals surface area contributed by atoms with Crippen LogP contribution in [0.5, 0.6) is 0 Å². The summed E-state index contributed by atoms with van der Waals surface area (Å²) in [5.74, 6) is 1.05. The van der Waals surface area contributed by atoms with Gasteiger partial charge < -0.3 is 9.88 Å². The van der Waals surface area contributed by atoms with Crippen molar-refractivity contribution < 1.29 is 0 Å². The van der Waals surface area contributed by atoms with Gasteiger partial charge in [-0.25, -0.2) is 0 Å². The summed E-state index contributed by atoms with van der Waals surface area (Å²) >= 11 is 0. The Morgan fingerprint density at radius 1 is 1.62 bits per heavy atom. The monoisotopic (exact) mass is 180 g/mol. The van der Waals surface area contributed by atoms with Crippen LogP contribution in [0.25, 0.3) is 0 Å². The Labute approximate surface area is 78.4 Å². The van der Waals surface area contributed by atoms with Gasteiger partial charge in [0.1, 0.15) is 12.2 Å². The topological polar surface area (TPSA) is 42.7 Å². The lowest BCUT2D eigenvalue weighted by atomic mass is 9.93. The van der Waals surface area contributed by atoms with Gasteiger partial charge in [-0.2, -0.15) is 0 Å². The largest absolute Gasteiger partial charge is 0.317 e. The van der Waals surface area contributed by atoms with E-state index in [-0.39, 0.29) is 0 Å². The molecule has 1 fully saturated rings. The van der Waals surface area contributed by atoms with Crippen LogP contribution in [0.2, 0.25) is 0 Å². The van der Waals surface area contributed by atoms with E-state index in [9.17, 15) is 0 Å². The smallest absolute Gasteiger partial charge is 0.146 e. The van der Waals surface area contributed by atoms with Crippen LogP contribution in [0, 0.1) is 0 Å². The fraction of sp³-hybridized carbons (Fsp3) is 0.778. The molecule has 1 aliphatic rings. The Balaban J connectivity index is 1.85. The van der Waals surface area contributed by atoms with E-state index in [1.807, 2.05) is 0 Å². The minimum Gasteiger partial charge on any atom is -0.317 e. The summed E-state index contributed by atoms with van der Waals surface area (Å²) in [7, 11) is 0. The van der Waals surface area contributed by atoms with Crippen LogP contribution in [0.1, 0.15) is 32.0 Å². The molecular formula is C9H16N4. The highest BCUT2D eigenvalue weighted by Crippen LogP contribution is 2.18. The van der Waals surface area contributed by atoms with Crippen LogP contribution in [0.3, 0.4) is 0 Å². The first-order chi connectivity index (χ1) is 6.40. The van der Waals surface area contributed by atoms with Crippen molar-refractivity contribution in [1.29, 1.82) is 0 Å². The Hall–Kier alpha value is -0.900. The molecule has 0 bridgehead atoms. The Morgan fingerprint density at radius 2 is 2.46 bits per heavy atom. The molecule has 1 heterocycles. The van der Waals surface area contributed by atoms with E-state index in [1.54, 1.807) is 6.33 Å². The van der Waals surface area contributed by atoms with E-state index < -0.39 is 0 Å². The third kappa shape index (κ3) is 1.88. The zero-order valence-corrected chi connectivity index (χ0v) is 8.03. The van der Waals surface area contributed by atoms with Crippen molar-refractivity contribution in [3.05, 3.63) is 12.2 Å². The molecule has 1 aliphatic carbocycles. The number of hydrogen-bond donors (Lipinski definition) is 1. The van der Waals surface area contributed by atoms with Crippen molar-refractivity contribution in [3.63, 3.8) is 0 Å². The summed E-state index contributed by atoms with van der Waals surface area (Å²) in [6.07, 6.45) is 5.80. The van der Waals surface area contributed by atoms with Crippen molar-refractivity contribution in [2.45, 2.75) is 45.3 Å². The van der Waals surface area contributed by atoms with Gasteiger partial charge in [-0.1, -0.05) is 6.42 Å². The lowest BCUT2D eigenvalue weighted by Crippen LogP contribution is -2.35. The van der Waals surface area contributed by atoms with E-state index in [0.29, 0.717) is 0 Å². The lowest BCUT2D eigenvalue weighted by Gasteiger charge is -2.26. The Kier molecular flexibility index (Phi) is 2.59. The van der Waals surface area contributed by atoms with E-state index in [4.69, 9.17) is 0 Å². The highest BCUT2D eigenvalue weighted by Gasteiger charge is 2.16. The van der Waals surface area contributed by atoms with Gasteiger partial charge in [0.2, 0.25) is 0 Å². The summed E-state index contributed by atoms with van der Waals surface area (Å²) in [6.45, 7) is 3.92. The molecule has 0 aromatic carbocycles. The SMILES string of the molecule is CCn1cnnc1CNC1CCC1. The zero-order valence-electron chi connectivity index (χ0n) is 8.03. The van der Waals surface area contributed by atoms with Gasteiger partial charge in [0.15, 0.2) is 0 Å². The molecule has 2 rings (SSSR count). The molecule has 13 heavy (non-hydrogen) atoms. The van der Waals surface area contributed by atoms with Crippen LogP contribution < -0.4 is 5.32 Å². The minimum atomic E-state index is 0.724. The predicted molar refractivity (Wildman–Crippen MR) is 50.2 cm³/mol. The molecule has 72 valence electrons. The van der Waals surface area contributed by atoms with Crippen molar-refractivity contribution in [1.82, 2.24) is 20.1 Å². The first-order valence-corrected chi connectivity index (χ1v) is 5.00. The summed E-state index contributed by atoms with van der Waals surface area (Å²) in [4.78, 5) is 0. The third-order valence-corrected chi connectivity index (χ3v) is 2.69.